The molecule has 0 aromatic rings. The first-order chi connectivity index (χ1) is 8.10. The van der Waals surface area contributed by atoms with Gasteiger partial charge in [0, 0.05) is 19.7 Å². The lowest BCUT2D eigenvalue weighted by Crippen LogP contribution is -2.56. The number of methoxy groups -OCH3 is 1. The summed E-state index contributed by atoms with van der Waals surface area (Å²) in [7, 11) is 5.66. The predicted octanol–water partition coefficient (Wildman–Crippen LogP) is -0.983. The Labute approximate surface area is 103 Å². The molecule has 1 amide bonds. The molecule has 1 aliphatic heterocycles. The van der Waals surface area contributed by atoms with Crippen molar-refractivity contribution in [2.75, 3.05) is 40.9 Å². The smallest absolute Gasteiger partial charge is 0.253 e. The molecule has 1 fully saturated rings. The van der Waals surface area contributed by atoms with E-state index >= 15 is 0 Å². The fraction of sp³-hybridized carbons (Fsp3) is 0.909. The molecule has 6 nitrogen and oxygen atoms in total. The fourth-order valence-electron chi connectivity index (χ4n) is 2.36. The Hall–Kier alpha value is -0.690. The second-order valence-corrected chi connectivity index (χ2v) is 4.70. The summed E-state index contributed by atoms with van der Waals surface area (Å²) in [6.45, 7) is 2.47. The highest BCUT2D eigenvalue weighted by molar-refractivity contribution is 5.81. The lowest BCUT2D eigenvalue weighted by Gasteiger charge is -2.39. The number of rotatable bonds is 5. The summed E-state index contributed by atoms with van der Waals surface area (Å²) in [5, 5.41) is 0. The third kappa shape index (κ3) is 3.92. The van der Waals surface area contributed by atoms with Crippen molar-refractivity contribution in [2.45, 2.75) is 24.9 Å². The maximum Gasteiger partial charge on any atom is 0.253 e. The number of likely N-dealkylation sites (tertiary alicyclic amines) is 1. The van der Waals surface area contributed by atoms with E-state index in [-0.39, 0.29) is 11.9 Å². The lowest BCUT2D eigenvalue weighted by atomic mass is 10.0. The predicted molar refractivity (Wildman–Crippen MR) is 66.3 cm³/mol. The van der Waals surface area contributed by atoms with Crippen LogP contribution in [0.25, 0.3) is 0 Å². The normalized spacial score (nSPS) is 23.7. The molecule has 0 spiro atoms. The lowest BCUT2D eigenvalue weighted by molar-refractivity contribution is -0.129. The van der Waals surface area contributed by atoms with Gasteiger partial charge >= 0.3 is 0 Å². The van der Waals surface area contributed by atoms with Crippen molar-refractivity contribution in [1.82, 2.24) is 15.2 Å². The zero-order valence-electron chi connectivity index (χ0n) is 11.0. The van der Waals surface area contributed by atoms with E-state index < -0.39 is 0 Å². The van der Waals surface area contributed by atoms with E-state index in [1.165, 1.54) is 0 Å². The van der Waals surface area contributed by atoms with Gasteiger partial charge in [0.25, 0.3) is 5.91 Å². The van der Waals surface area contributed by atoms with Gasteiger partial charge in [-0.2, -0.15) is 0 Å². The molecule has 17 heavy (non-hydrogen) atoms. The minimum Gasteiger partial charge on any atom is -0.383 e. The fourth-order valence-corrected chi connectivity index (χ4v) is 2.36. The van der Waals surface area contributed by atoms with Gasteiger partial charge in [0.1, 0.15) is 6.04 Å². The highest BCUT2D eigenvalue weighted by Gasteiger charge is 2.30. The van der Waals surface area contributed by atoms with Gasteiger partial charge in [-0.25, -0.2) is 5.84 Å². The van der Waals surface area contributed by atoms with Gasteiger partial charge in [-0.15, -0.1) is 0 Å². The van der Waals surface area contributed by atoms with Crippen molar-refractivity contribution in [3.8, 4) is 0 Å². The number of amides is 1. The van der Waals surface area contributed by atoms with Crippen LogP contribution in [0.1, 0.15) is 12.8 Å². The maximum absolute atomic E-state index is 11.7. The molecule has 0 saturated carbocycles. The first-order valence-electron chi connectivity index (χ1n) is 6.00. The van der Waals surface area contributed by atoms with E-state index in [0.717, 1.165) is 25.9 Å². The zero-order chi connectivity index (χ0) is 12.8. The molecule has 1 aliphatic rings. The third-order valence-corrected chi connectivity index (χ3v) is 3.44. The Balaban J connectivity index is 2.62. The number of carbonyl (C=O) groups excluding carboxylic acids is 1. The van der Waals surface area contributed by atoms with Crippen LogP contribution < -0.4 is 11.3 Å². The Kier molecular flexibility index (Phi) is 5.84. The van der Waals surface area contributed by atoms with Crippen LogP contribution >= 0.6 is 0 Å². The molecule has 0 bridgehead atoms. The average molecular weight is 244 g/mol. The van der Waals surface area contributed by atoms with Gasteiger partial charge in [-0.05, 0) is 33.5 Å². The minimum absolute atomic E-state index is 0.192. The molecule has 0 aliphatic carbocycles. The summed E-state index contributed by atoms with van der Waals surface area (Å²) in [5.41, 5.74) is 2.21. The van der Waals surface area contributed by atoms with Crippen LogP contribution in [0, 0.1) is 0 Å². The number of likely N-dealkylation sites (N-methyl/N-ethyl adjacent to an activating group) is 2. The number of piperidine rings is 1. The van der Waals surface area contributed by atoms with E-state index in [1.54, 1.807) is 7.11 Å². The van der Waals surface area contributed by atoms with Crippen LogP contribution in [0.2, 0.25) is 0 Å². The van der Waals surface area contributed by atoms with Gasteiger partial charge in [0.2, 0.25) is 0 Å². The summed E-state index contributed by atoms with van der Waals surface area (Å²) in [5.74, 6) is 5.01. The van der Waals surface area contributed by atoms with Crippen LogP contribution in [0.4, 0.5) is 0 Å². The molecule has 3 N–H and O–H groups in total. The SMILES string of the molecule is COCC(C(=O)NN)N(C)C1CCCN(C)C1. The molecule has 0 aromatic heterocycles. The Morgan fingerprint density at radius 2 is 2.41 bits per heavy atom. The van der Waals surface area contributed by atoms with Crippen molar-refractivity contribution in [2.24, 2.45) is 5.84 Å². The van der Waals surface area contributed by atoms with Crippen LogP contribution in [-0.4, -0.2) is 68.7 Å². The summed E-state index contributed by atoms with van der Waals surface area (Å²) < 4.78 is 5.09. The molecule has 1 rings (SSSR count). The number of nitrogens with one attached hydrogen (secondary N) is 1. The maximum atomic E-state index is 11.7. The molecule has 6 heteroatoms. The van der Waals surface area contributed by atoms with Crippen LogP contribution in [-0.2, 0) is 9.53 Å². The molecule has 0 aromatic carbocycles. The van der Waals surface area contributed by atoms with Gasteiger partial charge in [-0.3, -0.25) is 15.1 Å². The topological polar surface area (TPSA) is 70.8 Å². The largest absolute Gasteiger partial charge is 0.383 e. The first kappa shape index (κ1) is 14.4. The standard InChI is InChI=1S/C11H24N4O2/c1-14-6-4-5-9(7-14)15(2)10(8-17-3)11(16)13-12/h9-10H,4-8,12H2,1-3H3,(H,13,16). The van der Waals surface area contributed by atoms with Crippen LogP contribution in [0.3, 0.4) is 0 Å². The Bertz CT molecular complexity index is 250. The van der Waals surface area contributed by atoms with E-state index in [1.807, 2.05) is 7.05 Å². The third-order valence-electron chi connectivity index (χ3n) is 3.44. The monoisotopic (exact) mass is 244 g/mol. The molecule has 1 saturated heterocycles. The Morgan fingerprint density at radius 1 is 1.71 bits per heavy atom. The number of carbonyl (C=O) groups is 1. The van der Waals surface area contributed by atoms with Crippen molar-refractivity contribution < 1.29 is 9.53 Å². The molecule has 0 radical (unpaired) electrons. The van der Waals surface area contributed by atoms with E-state index in [4.69, 9.17) is 10.6 Å². The summed E-state index contributed by atoms with van der Waals surface area (Å²) in [6.07, 6.45) is 2.27. The number of hydrogen-bond acceptors (Lipinski definition) is 5. The second kappa shape index (κ2) is 6.90. The van der Waals surface area contributed by atoms with Gasteiger partial charge in [0.15, 0.2) is 0 Å². The first-order valence-corrected chi connectivity index (χ1v) is 6.00. The van der Waals surface area contributed by atoms with Crippen molar-refractivity contribution in [1.29, 1.82) is 0 Å². The minimum atomic E-state index is -0.318. The van der Waals surface area contributed by atoms with Gasteiger partial charge in [-0.1, -0.05) is 0 Å². The summed E-state index contributed by atoms with van der Waals surface area (Å²) >= 11 is 0. The van der Waals surface area contributed by atoms with Crippen molar-refractivity contribution in [3.63, 3.8) is 0 Å². The van der Waals surface area contributed by atoms with Gasteiger partial charge < -0.3 is 9.64 Å². The summed E-state index contributed by atoms with van der Waals surface area (Å²) in [4.78, 5) is 16.1. The van der Waals surface area contributed by atoms with Crippen LogP contribution in [0.5, 0.6) is 0 Å². The molecular weight excluding hydrogens is 220 g/mol. The van der Waals surface area contributed by atoms with Crippen LogP contribution in [0.15, 0.2) is 0 Å². The van der Waals surface area contributed by atoms with Crippen molar-refractivity contribution >= 4 is 5.91 Å². The molecular formula is C11H24N4O2. The Morgan fingerprint density at radius 3 is 2.94 bits per heavy atom. The highest BCUT2D eigenvalue weighted by atomic mass is 16.5. The highest BCUT2D eigenvalue weighted by Crippen LogP contribution is 2.15. The van der Waals surface area contributed by atoms with E-state index in [0.29, 0.717) is 12.6 Å². The second-order valence-electron chi connectivity index (χ2n) is 4.70. The number of ether oxygens (including phenoxy) is 1. The van der Waals surface area contributed by atoms with Gasteiger partial charge in [0.05, 0.1) is 6.61 Å². The number of hydrogen-bond donors (Lipinski definition) is 2. The molecule has 100 valence electrons. The number of hydrazine groups is 1. The van der Waals surface area contributed by atoms with E-state index in [9.17, 15) is 4.79 Å². The molecule has 2 atom stereocenters. The quantitative estimate of drug-likeness (QED) is 0.369. The zero-order valence-corrected chi connectivity index (χ0v) is 11.0. The molecule has 1 heterocycles. The number of nitrogens with zero attached hydrogens (tertiary/aromatic N) is 2. The molecule has 2 unspecified atom stereocenters. The summed E-state index contributed by atoms with van der Waals surface area (Å²) in [6, 6.07) is 0.0627. The average Bonchev–Trinajstić information content (AvgIpc) is 2.34. The van der Waals surface area contributed by atoms with E-state index in [2.05, 4.69) is 22.3 Å². The number of nitrogens with two attached hydrogens (primary N) is 1. The van der Waals surface area contributed by atoms with Crippen molar-refractivity contribution in [3.05, 3.63) is 0 Å².